The molecule has 0 N–H and O–H groups in total. The van der Waals surface area contributed by atoms with Crippen LogP contribution in [0.25, 0.3) is 65.4 Å². The van der Waals surface area contributed by atoms with Gasteiger partial charge in [-0.05, 0) is 153 Å². The van der Waals surface area contributed by atoms with E-state index in [1.165, 1.54) is 21.5 Å². The molecule has 9 aromatic carbocycles. The molecule has 0 unspecified atom stereocenters. The Morgan fingerprint density at radius 2 is 0.629 bits per heavy atom. The summed E-state index contributed by atoms with van der Waals surface area (Å²) in [7, 11) is -2.94. The van der Waals surface area contributed by atoms with Gasteiger partial charge in [0.25, 0.3) is 0 Å². The van der Waals surface area contributed by atoms with Crippen LogP contribution in [0.2, 0.25) is 39.3 Å². The molecule has 0 aliphatic rings. The maximum Gasteiger partial charge on any atom is 0.178 e. The van der Waals surface area contributed by atoms with E-state index in [0.717, 1.165) is 99.5 Å². The molecule has 0 saturated carbocycles. The van der Waals surface area contributed by atoms with E-state index in [-0.39, 0.29) is 10.8 Å². The summed E-state index contributed by atoms with van der Waals surface area (Å²) in [5, 5.41) is 11.7. The van der Waals surface area contributed by atoms with Gasteiger partial charge in [-0.3, -0.25) is 0 Å². The zero-order chi connectivity index (χ0) is 49.1. The van der Waals surface area contributed by atoms with Crippen molar-refractivity contribution in [2.24, 2.45) is 0 Å². The standard InChI is InChI=1S/C64H64N2O2Si2/c1-63(2,3)45-15-21-47(22-16-45)65(49-25-29-53(30-26-49)69(7,8)9)51-19-13-41-37-57-55-33-34-56-58-38-42-14-20-52(36-44(42)40-60(58)68-62(56)61(55)67-59(57)39-43(41)35-51)66(48-23-17-46(18-24-48)64(4,5)6)50-27-31-54(32-28-50)70(10,11)12/h13-40H,1-12H3. The summed E-state index contributed by atoms with van der Waals surface area (Å²) in [6, 6.07) is 63.5. The number of anilines is 6. The van der Waals surface area contributed by atoms with Crippen molar-refractivity contribution < 1.29 is 8.83 Å². The van der Waals surface area contributed by atoms with Gasteiger partial charge in [-0.2, -0.15) is 0 Å². The number of hydrogen-bond donors (Lipinski definition) is 0. The van der Waals surface area contributed by atoms with Crippen LogP contribution >= 0.6 is 0 Å². The number of nitrogens with zero attached hydrogens (tertiary/aromatic N) is 2. The zero-order valence-electron chi connectivity index (χ0n) is 42.9. The number of rotatable bonds is 8. The number of fused-ring (bicyclic) bond motifs is 9. The first-order valence-electron chi connectivity index (χ1n) is 24.9. The SMILES string of the molecule is CC(C)(C)c1ccc(N(c2ccc([Si](C)(C)C)cc2)c2ccc3cc4c(cc3c2)oc2c4ccc3c4cc5ccc(N(c6ccc(C(C)(C)C)cc6)c6ccc([Si](C)(C)C)cc6)cc5cc4oc32)cc1. The van der Waals surface area contributed by atoms with Gasteiger partial charge in [-0.15, -0.1) is 0 Å². The normalized spacial score (nSPS) is 12.9. The van der Waals surface area contributed by atoms with Gasteiger partial charge < -0.3 is 18.6 Å². The van der Waals surface area contributed by atoms with E-state index in [0.29, 0.717) is 0 Å². The molecule has 0 fully saturated rings. The highest BCUT2D eigenvalue weighted by molar-refractivity contribution is 6.89. The molecule has 11 rings (SSSR count). The molecule has 350 valence electrons. The quantitative estimate of drug-likeness (QED) is 0.142. The second-order valence-electron chi connectivity index (χ2n) is 23.6. The predicted molar refractivity (Wildman–Crippen MR) is 309 cm³/mol. The molecule has 6 heteroatoms. The number of hydrogen-bond acceptors (Lipinski definition) is 4. The predicted octanol–water partition coefficient (Wildman–Crippen LogP) is 18.4. The van der Waals surface area contributed by atoms with Crippen LogP contribution in [0.3, 0.4) is 0 Å². The van der Waals surface area contributed by atoms with E-state index in [2.05, 4.69) is 260 Å². The fraction of sp³-hybridized carbons (Fsp3) is 0.219. The first kappa shape index (κ1) is 45.6. The molecule has 2 aromatic heterocycles. The van der Waals surface area contributed by atoms with Gasteiger partial charge in [0.15, 0.2) is 11.2 Å². The number of benzene rings is 9. The second kappa shape index (κ2) is 16.4. The van der Waals surface area contributed by atoms with Crippen LogP contribution in [0.5, 0.6) is 0 Å². The molecule has 0 spiro atoms. The summed E-state index contributed by atoms with van der Waals surface area (Å²) in [6.07, 6.45) is 0. The minimum absolute atomic E-state index is 0.0684. The van der Waals surface area contributed by atoms with Gasteiger partial charge in [0.2, 0.25) is 0 Å². The average molecular weight is 949 g/mol. The summed E-state index contributed by atoms with van der Waals surface area (Å²) < 4.78 is 13.7. The third-order valence-electron chi connectivity index (χ3n) is 14.4. The minimum atomic E-state index is -1.47. The van der Waals surface area contributed by atoms with Crippen molar-refractivity contribution in [3.63, 3.8) is 0 Å². The minimum Gasteiger partial charge on any atom is -0.452 e. The van der Waals surface area contributed by atoms with Crippen molar-refractivity contribution in [3.05, 3.63) is 181 Å². The molecule has 70 heavy (non-hydrogen) atoms. The highest BCUT2D eigenvalue weighted by atomic mass is 28.3. The lowest BCUT2D eigenvalue weighted by atomic mass is 9.87. The van der Waals surface area contributed by atoms with Gasteiger partial charge in [0.05, 0.1) is 16.1 Å². The highest BCUT2D eigenvalue weighted by Gasteiger charge is 2.24. The number of furan rings is 2. The van der Waals surface area contributed by atoms with Crippen LogP contribution in [0.4, 0.5) is 34.1 Å². The third kappa shape index (κ3) is 8.21. The lowest BCUT2D eigenvalue weighted by Gasteiger charge is -2.28. The van der Waals surface area contributed by atoms with Crippen LogP contribution in [-0.2, 0) is 10.8 Å². The molecule has 11 aromatic rings. The van der Waals surface area contributed by atoms with E-state index in [9.17, 15) is 0 Å². The summed E-state index contributed by atoms with van der Waals surface area (Å²) >= 11 is 0. The van der Waals surface area contributed by atoms with Crippen LogP contribution in [0.1, 0.15) is 52.7 Å². The van der Waals surface area contributed by atoms with E-state index < -0.39 is 16.1 Å². The molecular weight excluding hydrogens is 885 g/mol. The average Bonchev–Trinajstić information content (AvgIpc) is 3.87. The fourth-order valence-electron chi connectivity index (χ4n) is 10.1. The largest absolute Gasteiger partial charge is 0.452 e. The Morgan fingerprint density at radius 3 is 0.943 bits per heavy atom. The molecule has 0 atom stereocenters. The van der Waals surface area contributed by atoms with Gasteiger partial charge in [-0.1, -0.05) is 152 Å². The molecule has 0 bridgehead atoms. The molecule has 4 nitrogen and oxygen atoms in total. The topological polar surface area (TPSA) is 32.8 Å². The van der Waals surface area contributed by atoms with E-state index >= 15 is 0 Å². The summed E-state index contributed by atoms with van der Waals surface area (Å²) in [4.78, 5) is 4.75. The third-order valence-corrected chi connectivity index (χ3v) is 18.6. The molecule has 0 saturated heterocycles. The van der Waals surface area contributed by atoms with Crippen molar-refractivity contribution >= 4 is 126 Å². The smallest absolute Gasteiger partial charge is 0.178 e. The Bertz CT molecular complexity index is 3410. The van der Waals surface area contributed by atoms with Crippen molar-refractivity contribution in [3.8, 4) is 0 Å². The Kier molecular flexibility index (Phi) is 10.7. The zero-order valence-corrected chi connectivity index (χ0v) is 44.9. The van der Waals surface area contributed by atoms with Gasteiger partial charge in [0, 0.05) is 55.7 Å². The molecule has 0 aliphatic heterocycles. The first-order chi connectivity index (χ1) is 33.2. The van der Waals surface area contributed by atoms with Crippen LogP contribution in [-0.4, -0.2) is 16.1 Å². The maximum atomic E-state index is 6.86. The van der Waals surface area contributed by atoms with Crippen molar-refractivity contribution in [2.45, 2.75) is 91.7 Å². The van der Waals surface area contributed by atoms with Crippen molar-refractivity contribution in [1.29, 1.82) is 0 Å². The van der Waals surface area contributed by atoms with E-state index in [4.69, 9.17) is 8.83 Å². The highest BCUT2D eigenvalue weighted by Crippen LogP contribution is 2.44. The molecule has 0 amide bonds. The van der Waals surface area contributed by atoms with E-state index in [1.807, 2.05) is 0 Å². The van der Waals surface area contributed by atoms with Gasteiger partial charge in [-0.25, -0.2) is 0 Å². The fourth-order valence-corrected chi connectivity index (χ4v) is 12.5. The second-order valence-corrected chi connectivity index (χ2v) is 33.8. The summed E-state index contributed by atoms with van der Waals surface area (Å²) in [6.45, 7) is 28.0. The summed E-state index contributed by atoms with van der Waals surface area (Å²) in [5.41, 5.74) is 12.7. The lowest BCUT2D eigenvalue weighted by molar-refractivity contribution is 0.590. The molecule has 0 radical (unpaired) electrons. The van der Waals surface area contributed by atoms with Crippen LogP contribution in [0, 0.1) is 0 Å². The maximum absolute atomic E-state index is 6.86. The Morgan fingerprint density at radius 1 is 0.314 bits per heavy atom. The Labute approximate surface area is 415 Å². The molecule has 0 aliphatic carbocycles. The van der Waals surface area contributed by atoms with Crippen LogP contribution in [0.15, 0.2) is 179 Å². The first-order valence-corrected chi connectivity index (χ1v) is 31.9. The Hall–Kier alpha value is -6.87. The van der Waals surface area contributed by atoms with Crippen molar-refractivity contribution in [2.75, 3.05) is 9.80 Å². The monoisotopic (exact) mass is 948 g/mol. The van der Waals surface area contributed by atoms with E-state index in [1.54, 1.807) is 0 Å². The van der Waals surface area contributed by atoms with Gasteiger partial charge >= 0.3 is 0 Å². The molecular formula is C64H64N2O2Si2. The van der Waals surface area contributed by atoms with Crippen LogP contribution < -0.4 is 20.2 Å². The Balaban J connectivity index is 0.994. The molecule has 2 heterocycles. The lowest BCUT2D eigenvalue weighted by Crippen LogP contribution is -2.37. The van der Waals surface area contributed by atoms with Crippen molar-refractivity contribution in [1.82, 2.24) is 0 Å². The van der Waals surface area contributed by atoms with Gasteiger partial charge in [0.1, 0.15) is 11.2 Å². The summed E-state index contributed by atoms with van der Waals surface area (Å²) in [5.74, 6) is 0.